The number of carboxylic acid groups (broad SMARTS) is 1. The predicted molar refractivity (Wildman–Crippen MR) is 105 cm³/mol. The molecular weight excluding hydrogens is 433 g/mol. The number of aliphatic carboxylic acids is 1. The largest absolute Gasteiger partial charge is 0.490 e. The Kier molecular flexibility index (Phi) is 6.99. The first-order valence-corrected chi connectivity index (χ1v) is 10.5. The molecule has 0 aromatic heterocycles. The highest BCUT2D eigenvalue weighted by Gasteiger charge is 2.61. The highest BCUT2D eigenvalue weighted by Crippen LogP contribution is 2.49. The van der Waals surface area contributed by atoms with Gasteiger partial charge >= 0.3 is 18.1 Å². The van der Waals surface area contributed by atoms with E-state index in [9.17, 15) is 22.8 Å². The van der Waals surface area contributed by atoms with Crippen molar-refractivity contribution in [1.82, 2.24) is 10.2 Å². The van der Waals surface area contributed by atoms with Gasteiger partial charge in [0.25, 0.3) is 0 Å². The van der Waals surface area contributed by atoms with Crippen molar-refractivity contribution in [1.29, 1.82) is 0 Å². The standard InChI is InChI=1S/C19H26N2O4.C2HF3O2/c1-12-14-6-5-13(17(22)21-10-8-20-9-11-21)4-3-7-19(2)16(25-19)15(14)24-18(12)23;3-2(4,5)1(6)7/h4,14-16,20H,1,3,5-11H2,2H3;(H,6,7)/b13-4+;/t14-,15-,16-,19+;/m0./s1. The Labute approximate surface area is 183 Å². The number of amides is 1. The zero-order valence-corrected chi connectivity index (χ0v) is 17.7. The monoisotopic (exact) mass is 460 g/mol. The van der Waals surface area contributed by atoms with Crippen LogP contribution in [0.3, 0.4) is 0 Å². The van der Waals surface area contributed by atoms with E-state index in [1.54, 1.807) is 0 Å². The summed E-state index contributed by atoms with van der Waals surface area (Å²) in [6.07, 6.45) is -0.291. The Balaban J connectivity index is 0.000000360. The Morgan fingerprint density at radius 2 is 1.94 bits per heavy atom. The highest BCUT2D eigenvalue weighted by atomic mass is 19.4. The van der Waals surface area contributed by atoms with Gasteiger partial charge in [-0.1, -0.05) is 12.7 Å². The average Bonchev–Trinajstić information content (AvgIpc) is 3.33. The van der Waals surface area contributed by atoms with E-state index in [-0.39, 0.29) is 35.6 Å². The van der Waals surface area contributed by atoms with E-state index in [2.05, 4.69) is 24.9 Å². The van der Waals surface area contributed by atoms with Crippen LogP contribution >= 0.6 is 0 Å². The molecule has 4 aliphatic rings. The summed E-state index contributed by atoms with van der Waals surface area (Å²) in [5.41, 5.74) is 1.12. The molecule has 4 rings (SSSR count). The van der Waals surface area contributed by atoms with Crippen molar-refractivity contribution in [2.75, 3.05) is 26.2 Å². The molecule has 1 amide bonds. The minimum absolute atomic E-state index is 0.0421. The third kappa shape index (κ3) is 5.32. The number of carbonyl (C=O) groups excluding carboxylic acids is 2. The summed E-state index contributed by atoms with van der Waals surface area (Å²) in [4.78, 5) is 35.7. The molecule has 8 nitrogen and oxygen atoms in total. The molecule has 3 aliphatic heterocycles. The minimum atomic E-state index is -5.08. The van der Waals surface area contributed by atoms with Crippen LogP contribution in [0.4, 0.5) is 13.2 Å². The predicted octanol–water partition coefficient (Wildman–Crippen LogP) is 1.81. The van der Waals surface area contributed by atoms with E-state index in [4.69, 9.17) is 19.4 Å². The van der Waals surface area contributed by atoms with Crippen molar-refractivity contribution >= 4 is 17.8 Å². The first kappa shape index (κ1) is 24.2. The van der Waals surface area contributed by atoms with Crippen molar-refractivity contribution < 1.29 is 42.1 Å². The number of halogens is 3. The van der Waals surface area contributed by atoms with E-state index in [0.717, 1.165) is 44.6 Å². The third-order valence-corrected chi connectivity index (χ3v) is 6.27. The molecule has 0 aromatic carbocycles. The molecule has 3 fully saturated rings. The topological polar surface area (TPSA) is 108 Å². The van der Waals surface area contributed by atoms with Gasteiger partial charge in [-0.3, -0.25) is 4.79 Å². The van der Waals surface area contributed by atoms with Crippen LogP contribution in [-0.2, 0) is 23.9 Å². The number of alkyl halides is 3. The first-order chi connectivity index (χ1) is 14.9. The van der Waals surface area contributed by atoms with Crippen LogP contribution in [0.1, 0.15) is 32.6 Å². The van der Waals surface area contributed by atoms with Crippen molar-refractivity contribution in [2.24, 2.45) is 5.92 Å². The van der Waals surface area contributed by atoms with E-state index in [1.807, 2.05) is 4.90 Å². The highest BCUT2D eigenvalue weighted by molar-refractivity contribution is 5.94. The molecule has 4 atom stereocenters. The summed E-state index contributed by atoms with van der Waals surface area (Å²) >= 11 is 0. The van der Waals surface area contributed by atoms with Crippen LogP contribution in [0, 0.1) is 5.92 Å². The molecule has 0 unspecified atom stereocenters. The first-order valence-electron chi connectivity index (χ1n) is 10.5. The molecular formula is C21H27F3N2O6. The second-order valence-corrected chi connectivity index (χ2v) is 8.50. The summed E-state index contributed by atoms with van der Waals surface area (Å²) in [5.74, 6) is -3.00. The van der Waals surface area contributed by atoms with Crippen LogP contribution in [0.25, 0.3) is 0 Å². The molecule has 11 heteroatoms. The zero-order valence-electron chi connectivity index (χ0n) is 17.7. The number of allylic oxidation sites excluding steroid dienone is 1. The van der Waals surface area contributed by atoms with Crippen LogP contribution < -0.4 is 5.32 Å². The average molecular weight is 460 g/mol. The maximum atomic E-state index is 12.9. The lowest BCUT2D eigenvalue weighted by Gasteiger charge is -2.29. The van der Waals surface area contributed by atoms with Crippen molar-refractivity contribution in [3.05, 3.63) is 23.8 Å². The van der Waals surface area contributed by atoms with Gasteiger partial charge in [0.1, 0.15) is 12.2 Å². The number of hydrogen-bond acceptors (Lipinski definition) is 6. The van der Waals surface area contributed by atoms with E-state index < -0.39 is 12.1 Å². The minimum Gasteiger partial charge on any atom is -0.475 e. The van der Waals surface area contributed by atoms with Gasteiger partial charge in [-0.25, -0.2) is 9.59 Å². The number of nitrogens with zero attached hydrogens (tertiary/aromatic N) is 1. The van der Waals surface area contributed by atoms with Crippen molar-refractivity contribution in [3.8, 4) is 0 Å². The van der Waals surface area contributed by atoms with Crippen LogP contribution in [0.15, 0.2) is 23.8 Å². The zero-order chi connectivity index (χ0) is 23.7. The second kappa shape index (κ2) is 9.22. The van der Waals surface area contributed by atoms with Crippen molar-refractivity contribution in [2.45, 2.75) is 56.6 Å². The Morgan fingerprint density at radius 3 is 2.53 bits per heavy atom. The molecule has 0 radical (unpaired) electrons. The van der Waals surface area contributed by atoms with Gasteiger partial charge in [0.15, 0.2) is 0 Å². The smallest absolute Gasteiger partial charge is 0.475 e. The number of carboxylic acids is 1. The maximum absolute atomic E-state index is 12.9. The summed E-state index contributed by atoms with van der Waals surface area (Å²) in [6.45, 7) is 9.18. The van der Waals surface area contributed by atoms with Gasteiger partial charge < -0.3 is 24.8 Å². The SMILES string of the molecule is C=C1C(=O)O[C@H]2[C@H]1CC/C(C(=O)N1CCNCC1)=C\CC[C@@]1(C)O[C@@H]21.O=C(O)C(F)(F)F. The third-order valence-electron chi connectivity index (χ3n) is 6.27. The molecule has 3 saturated heterocycles. The van der Waals surface area contributed by atoms with Gasteiger partial charge in [-0.2, -0.15) is 13.2 Å². The number of rotatable bonds is 1. The Morgan fingerprint density at radius 1 is 1.31 bits per heavy atom. The van der Waals surface area contributed by atoms with Crippen LogP contribution in [0.2, 0.25) is 0 Å². The lowest BCUT2D eigenvalue weighted by atomic mass is 9.83. The van der Waals surface area contributed by atoms with Gasteiger partial charge in [-0.05, 0) is 32.6 Å². The summed E-state index contributed by atoms with van der Waals surface area (Å²) in [5, 5.41) is 10.4. The number of hydrogen-bond donors (Lipinski definition) is 2. The fourth-order valence-corrected chi connectivity index (χ4v) is 4.33. The Bertz CT molecular complexity index is 821. The number of piperazine rings is 1. The quantitative estimate of drug-likeness (QED) is 0.349. The van der Waals surface area contributed by atoms with E-state index in [1.165, 1.54) is 0 Å². The van der Waals surface area contributed by atoms with E-state index >= 15 is 0 Å². The molecule has 0 aromatic rings. The fraction of sp³-hybridized carbons (Fsp3) is 0.667. The molecule has 2 N–H and O–H groups in total. The van der Waals surface area contributed by atoms with Gasteiger partial charge in [0.2, 0.25) is 5.91 Å². The molecule has 3 heterocycles. The number of epoxide rings is 1. The molecule has 1 aliphatic carbocycles. The number of ether oxygens (including phenoxy) is 2. The normalized spacial score (nSPS) is 34.1. The summed E-state index contributed by atoms with van der Waals surface area (Å²) in [7, 11) is 0. The van der Waals surface area contributed by atoms with Gasteiger partial charge in [0.05, 0.1) is 5.60 Å². The summed E-state index contributed by atoms with van der Waals surface area (Å²) in [6, 6.07) is 0. The number of esters is 1. The molecule has 0 spiro atoms. The number of carbonyl (C=O) groups is 3. The van der Waals surface area contributed by atoms with Crippen LogP contribution in [0.5, 0.6) is 0 Å². The molecule has 0 saturated carbocycles. The van der Waals surface area contributed by atoms with Gasteiger partial charge in [-0.15, -0.1) is 0 Å². The molecule has 178 valence electrons. The summed E-state index contributed by atoms with van der Waals surface area (Å²) < 4.78 is 43.2. The van der Waals surface area contributed by atoms with Crippen molar-refractivity contribution in [3.63, 3.8) is 0 Å². The maximum Gasteiger partial charge on any atom is 0.490 e. The fourth-order valence-electron chi connectivity index (χ4n) is 4.33. The van der Waals surface area contributed by atoms with Crippen LogP contribution in [-0.4, -0.2) is 78.0 Å². The lowest BCUT2D eigenvalue weighted by Crippen LogP contribution is -2.47. The number of fused-ring (bicyclic) bond motifs is 3. The molecule has 32 heavy (non-hydrogen) atoms. The Hall–Kier alpha value is -2.40. The second-order valence-electron chi connectivity index (χ2n) is 8.50. The number of nitrogens with one attached hydrogen (secondary N) is 1. The molecule has 0 bridgehead atoms. The lowest BCUT2D eigenvalue weighted by molar-refractivity contribution is -0.192. The van der Waals surface area contributed by atoms with Gasteiger partial charge in [0, 0.05) is 43.2 Å². The van der Waals surface area contributed by atoms with E-state index in [0.29, 0.717) is 18.4 Å².